The fraction of sp³-hybridized carbons (Fsp3) is 0.733. The molecule has 0 spiro atoms. The molecule has 0 N–H and O–H groups in total. The molecule has 2 rings (SSSR count). The number of allylic oxidation sites excluding steroid dienone is 4. The van der Waals surface area contributed by atoms with Crippen LogP contribution in [0, 0.1) is 23.7 Å². The second kappa shape index (κ2) is 4.15. The normalized spacial score (nSPS) is 35.9. The third-order valence-electron chi connectivity index (χ3n) is 4.29. The maximum absolute atomic E-state index is 2.54. The molecule has 3 atom stereocenters. The van der Waals surface area contributed by atoms with Gasteiger partial charge in [-0.3, -0.25) is 0 Å². The highest BCUT2D eigenvalue weighted by molar-refractivity contribution is 5.29. The minimum Gasteiger partial charge on any atom is -0.0804 e. The smallest absolute Gasteiger partial charge is 0.000806 e. The number of hydrogen-bond acceptors (Lipinski definition) is 0. The lowest BCUT2D eigenvalue weighted by atomic mass is 9.65. The summed E-state index contributed by atoms with van der Waals surface area (Å²) in [5.74, 6) is 3.30. The van der Waals surface area contributed by atoms with Crippen LogP contribution in [0.5, 0.6) is 0 Å². The summed E-state index contributed by atoms with van der Waals surface area (Å²) in [5, 5.41) is 0. The van der Waals surface area contributed by atoms with Crippen molar-refractivity contribution in [1.82, 2.24) is 0 Å². The molecule has 0 aliphatic heterocycles. The summed E-state index contributed by atoms with van der Waals surface area (Å²) in [6, 6.07) is 0. The first-order valence-corrected chi connectivity index (χ1v) is 6.47. The monoisotopic (exact) mass is 204 g/mol. The van der Waals surface area contributed by atoms with Gasteiger partial charge in [0.25, 0.3) is 0 Å². The highest BCUT2D eigenvalue weighted by Gasteiger charge is 2.33. The average molecular weight is 204 g/mol. The van der Waals surface area contributed by atoms with Crippen LogP contribution in [0.4, 0.5) is 0 Å². The van der Waals surface area contributed by atoms with Gasteiger partial charge in [-0.15, -0.1) is 0 Å². The molecule has 0 aromatic rings. The van der Waals surface area contributed by atoms with Crippen LogP contribution in [0.1, 0.15) is 47.0 Å². The van der Waals surface area contributed by atoms with Crippen molar-refractivity contribution in [3.8, 4) is 0 Å². The molecule has 1 saturated carbocycles. The van der Waals surface area contributed by atoms with E-state index in [9.17, 15) is 0 Å². The van der Waals surface area contributed by atoms with Crippen LogP contribution in [0.3, 0.4) is 0 Å². The molecule has 0 aromatic carbocycles. The number of hydrogen-bond donors (Lipinski definition) is 0. The summed E-state index contributed by atoms with van der Waals surface area (Å²) in [5.41, 5.74) is 3.33. The Hall–Kier alpha value is -0.520. The fourth-order valence-corrected chi connectivity index (χ4v) is 3.28. The van der Waals surface area contributed by atoms with Crippen molar-refractivity contribution in [3.05, 3.63) is 23.3 Å². The van der Waals surface area contributed by atoms with Crippen LogP contribution in [0.2, 0.25) is 0 Å². The Morgan fingerprint density at radius 1 is 1.27 bits per heavy atom. The second-order valence-corrected chi connectivity index (χ2v) is 5.85. The molecule has 0 heterocycles. The molecule has 1 unspecified atom stereocenters. The summed E-state index contributed by atoms with van der Waals surface area (Å²) >= 11 is 0. The van der Waals surface area contributed by atoms with Crippen molar-refractivity contribution in [3.63, 3.8) is 0 Å². The van der Waals surface area contributed by atoms with E-state index in [1.807, 2.05) is 0 Å². The third kappa shape index (κ3) is 2.04. The Morgan fingerprint density at radius 2 is 2.00 bits per heavy atom. The Bertz CT molecular complexity index is 293. The highest BCUT2D eigenvalue weighted by atomic mass is 14.4. The van der Waals surface area contributed by atoms with Crippen molar-refractivity contribution in [1.29, 1.82) is 0 Å². The van der Waals surface area contributed by atoms with Gasteiger partial charge in [-0.1, -0.05) is 44.1 Å². The van der Waals surface area contributed by atoms with Gasteiger partial charge in [0.15, 0.2) is 0 Å². The van der Waals surface area contributed by atoms with E-state index in [-0.39, 0.29) is 0 Å². The Morgan fingerprint density at radius 3 is 2.67 bits per heavy atom. The Labute approximate surface area is 94.5 Å². The van der Waals surface area contributed by atoms with Crippen LogP contribution >= 0.6 is 0 Å². The lowest BCUT2D eigenvalue weighted by Crippen LogP contribution is -2.29. The summed E-state index contributed by atoms with van der Waals surface area (Å²) in [6.07, 6.45) is 9.08. The maximum Gasteiger partial charge on any atom is 0.000806 e. The van der Waals surface area contributed by atoms with Gasteiger partial charge >= 0.3 is 0 Å². The van der Waals surface area contributed by atoms with Crippen molar-refractivity contribution >= 4 is 0 Å². The molecule has 2 aliphatic carbocycles. The minimum atomic E-state index is 0.764. The van der Waals surface area contributed by atoms with E-state index in [1.54, 1.807) is 11.1 Å². The highest BCUT2D eigenvalue weighted by Crippen LogP contribution is 2.44. The van der Waals surface area contributed by atoms with E-state index in [4.69, 9.17) is 0 Å². The molecule has 0 heteroatoms. The van der Waals surface area contributed by atoms with Gasteiger partial charge in [-0.2, -0.15) is 0 Å². The van der Waals surface area contributed by atoms with E-state index >= 15 is 0 Å². The average Bonchev–Trinajstić information content (AvgIpc) is 2.19. The number of fused-ring (bicyclic) bond motifs is 1. The molecule has 84 valence electrons. The Balaban J connectivity index is 2.24. The zero-order chi connectivity index (χ0) is 11.0. The van der Waals surface area contributed by atoms with Crippen molar-refractivity contribution < 1.29 is 0 Å². The number of rotatable bonds is 1. The zero-order valence-corrected chi connectivity index (χ0v) is 10.6. The minimum absolute atomic E-state index is 0.764. The summed E-state index contributed by atoms with van der Waals surface area (Å²) in [6.45, 7) is 9.45. The summed E-state index contributed by atoms with van der Waals surface area (Å²) < 4.78 is 0. The summed E-state index contributed by atoms with van der Waals surface area (Å²) in [4.78, 5) is 0. The van der Waals surface area contributed by atoms with Crippen molar-refractivity contribution in [2.24, 2.45) is 23.7 Å². The van der Waals surface area contributed by atoms with Crippen LogP contribution in [0.25, 0.3) is 0 Å². The van der Waals surface area contributed by atoms with E-state index in [0.717, 1.165) is 23.7 Å². The van der Waals surface area contributed by atoms with Crippen LogP contribution in [0.15, 0.2) is 23.3 Å². The molecule has 2 aliphatic rings. The first kappa shape index (κ1) is 11.0. The predicted octanol–water partition coefficient (Wildman–Crippen LogP) is 4.58. The van der Waals surface area contributed by atoms with E-state index in [1.165, 1.54) is 19.3 Å². The Kier molecular flexibility index (Phi) is 3.04. The first-order valence-electron chi connectivity index (χ1n) is 6.47. The molecule has 0 nitrogen and oxygen atoms in total. The maximum atomic E-state index is 2.54. The lowest BCUT2D eigenvalue weighted by Gasteiger charge is -2.40. The van der Waals surface area contributed by atoms with Gasteiger partial charge in [0.2, 0.25) is 0 Å². The van der Waals surface area contributed by atoms with E-state index in [2.05, 4.69) is 39.8 Å². The van der Waals surface area contributed by atoms with Crippen molar-refractivity contribution in [2.45, 2.75) is 47.0 Å². The van der Waals surface area contributed by atoms with Crippen molar-refractivity contribution in [2.75, 3.05) is 0 Å². The molecule has 0 aromatic heterocycles. The SMILES string of the molecule is CC1=CC2C(=CC1)[C@@H](C(C)C)CC[C@H]2C. The standard InChI is InChI=1S/C15H24/c1-10(2)13-8-6-12(4)15-9-11(3)5-7-14(13)15/h7,9-10,12-13,15H,5-6,8H2,1-4H3/t12-,13-,15?/m1/s1. The topological polar surface area (TPSA) is 0 Å². The molecule has 1 fully saturated rings. The molecule has 0 amide bonds. The van der Waals surface area contributed by atoms with Gasteiger partial charge in [-0.05, 0) is 43.9 Å². The second-order valence-electron chi connectivity index (χ2n) is 5.85. The predicted molar refractivity (Wildman–Crippen MR) is 66.7 cm³/mol. The zero-order valence-electron chi connectivity index (χ0n) is 10.6. The van der Waals surface area contributed by atoms with Crippen LogP contribution in [-0.4, -0.2) is 0 Å². The van der Waals surface area contributed by atoms with E-state index < -0.39 is 0 Å². The van der Waals surface area contributed by atoms with Gasteiger partial charge in [0.1, 0.15) is 0 Å². The molecule has 0 radical (unpaired) electrons. The summed E-state index contributed by atoms with van der Waals surface area (Å²) in [7, 11) is 0. The quantitative estimate of drug-likeness (QED) is 0.548. The largest absolute Gasteiger partial charge is 0.0804 e. The van der Waals surface area contributed by atoms with Crippen LogP contribution in [-0.2, 0) is 0 Å². The molecular formula is C15H24. The van der Waals surface area contributed by atoms with Gasteiger partial charge in [-0.25, -0.2) is 0 Å². The van der Waals surface area contributed by atoms with Gasteiger partial charge in [0, 0.05) is 5.92 Å². The van der Waals surface area contributed by atoms with E-state index in [0.29, 0.717) is 0 Å². The van der Waals surface area contributed by atoms with Gasteiger partial charge < -0.3 is 0 Å². The molecule has 0 bridgehead atoms. The van der Waals surface area contributed by atoms with Crippen LogP contribution < -0.4 is 0 Å². The fourth-order valence-electron chi connectivity index (χ4n) is 3.28. The lowest BCUT2D eigenvalue weighted by molar-refractivity contribution is 0.263. The molecule has 15 heavy (non-hydrogen) atoms. The first-order chi connectivity index (χ1) is 7.09. The molecule has 0 saturated heterocycles. The van der Waals surface area contributed by atoms with Gasteiger partial charge in [0.05, 0.1) is 0 Å². The molecular weight excluding hydrogens is 180 g/mol. The third-order valence-corrected chi connectivity index (χ3v) is 4.29.